The summed E-state index contributed by atoms with van der Waals surface area (Å²) in [6, 6.07) is 5.10. The van der Waals surface area contributed by atoms with Crippen LogP contribution in [0.4, 0.5) is 17.6 Å². The molecule has 1 fully saturated rings. The van der Waals surface area contributed by atoms with Gasteiger partial charge in [0.25, 0.3) is 0 Å². The Bertz CT molecular complexity index is 1190. The zero-order valence-corrected chi connectivity index (χ0v) is 21.8. The van der Waals surface area contributed by atoms with Gasteiger partial charge in [0.05, 0.1) is 6.07 Å². The lowest BCUT2D eigenvalue weighted by atomic mass is 9.64. The van der Waals surface area contributed by atoms with Gasteiger partial charge in [-0.15, -0.1) is 11.3 Å². The molecule has 2 heterocycles. The molecule has 0 radical (unpaired) electrons. The van der Waals surface area contributed by atoms with Crippen LogP contribution in [0, 0.1) is 22.6 Å². The minimum Gasteiger partial charge on any atom is -0.385 e. The fraction of sp³-hybridized carbons (Fsp3) is 0.435. The Morgan fingerprint density at radius 1 is 1.29 bits per heavy atom. The van der Waals surface area contributed by atoms with E-state index >= 15 is 4.39 Å². The molecular formula is C23H20BrClF4N2O3S. The van der Waals surface area contributed by atoms with Crippen LogP contribution in [-0.2, 0) is 19.7 Å². The third kappa shape index (κ3) is 5.56. The minimum atomic E-state index is -5.39. The maximum atomic E-state index is 15.3. The quantitative estimate of drug-likeness (QED) is 0.257. The van der Waals surface area contributed by atoms with Crippen molar-refractivity contribution in [1.82, 2.24) is 5.32 Å². The molecular weight excluding hydrogens is 576 g/mol. The molecule has 0 bridgehead atoms. The molecule has 5 nitrogen and oxygen atoms in total. The van der Waals surface area contributed by atoms with Crippen molar-refractivity contribution in [3.8, 4) is 6.07 Å². The van der Waals surface area contributed by atoms with Gasteiger partial charge in [-0.25, -0.2) is 14.0 Å². The van der Waals surface area contributed by atoms with Crippen molar-refractivity contribution in [1.29, 1.82) is 5.26 Å². The Morgan fingerprint density at radius 3 is 2.43 bits per heavy atom. The highest BCUT2D eigenvalue weighted by Gasteiger charge is 2.62. The molecule has 0 spiro atoms. The number of ether oxygens (including phenoxy) is 1. The van der Waals surface area contributed by atoms with Gasteiger partial charge >= 0.3 is 18.1 Å². The predicted octanol–water partition coefficient (Wildman–Crippen LogP) is 6.26. The molecule has 35 heavy (non-hydrogen) atoms. The summed E-state index contributed by atoms with van der Waals surface area (Å²) in [5.74, 6) is -6.16. The van der Waals surface area contributed by atoms with Crippen LogP contribution < -0.4 is 5.32 Å². The number of hydrogen-bond acceptors (Lipinski definition) is 6. The van der Waals surface area contributed by atoms with E-state index in [9.17, 15) is 28.0 Å². The van der Waals surface area contributed by atoms with E-state index in [4.69, 9.17) is 11.6 Å². The molecule has 1 aromatic heterocycles. The van der Waals surface area contributed by atoms with Crippen LogP contribution in [0.3, 0.4) is 0 Å². The minimum absolute atomic E-state index is 0.0712. The number of carbonyl (C=O) groups is 2. The van der Waals surface area contributed by atoms with Gasteiger partial charge in [0, 0.05) is 37.3 Å². The lowest BCUT2D eigenvalue weighted by molar-refractivity contribution is -0.202. The van der Waals surface area contributed by atoms with Crippen LogP contribution >= 0.6 is 38.9 Å². The Balaban J connectivity index is 2.25. The van der Waals surface area contributed by atoms with Gasteiger partial charge in [-0.2, -0.15) is 18.4 Å². The molecule has 0 saturated carbocycles. The molecule has 1 saturated heterocycles. The lowest BCUT2D eigenvalue weighted by Crippen LogP contribution is -2.44. The van der Waals surface area contributed by atoms with Crippen LogP contribution in [0.2, 0.25) is 5.02 Å². The largest absolute Gasteiger partial charge is 0.491 e. The normalized spacial score (nSPS) is 24.7. The second-order valence-corrected chi connectivity index (χ2v) is 11.7. The van der Waals surface area contributed by atoms with Crippen molar-refractivity contribution in [2.75, 3.05) is 0 Å². The number of alkyl halides is 3. The van der Waals surface area contributed by atoms with Crippen LogP contribution in [-0.4, -0.2) is 30.2 Å². The van der Waals surface area contributed by atoms with Crippen molar-refractivity contribution < 1.29 is 31.9 Å². The number of nitrogens with one attached hydrogen (secondary N) is 1. The highest BCUT2D eigenvalue weighted by Crippen LogP contribution is 2.53. The zero-order valence-electron chi connectivity index (χ0n) is 18.7. The van der Waals surface area contributed by atoms with E-state index in [0.29, 0.717) is 9.35 Å². The molecule has 0 amide bonds. The van der Waals surface area contributed by atoms with Crippen LogP contribution in [0.1, 0.15) is 43.6 Å². The van der Waals surface area contributed by atoms with Crippen molar-refractivity contribution in [2.24, 2.45) is 5.41 Å². The SMILES string of the molecule is CC(C)(C)C[C@@H]1N[C@@H](C(=O)OC(=O)C(F)(F)F)[C@H](c2cc(Br)cs2)[C@@]1(C#N)c1ccc(Cl)cc1F. The number of halogens is 6. The molecule has 4 atom stereocenters. The van der Waals surface area contributed by atoms with Gasteiger partial charge < -0.3 is 4.74 Å². The highest BCUT2D eigenvalue weighted by atomic mass is 79.9. The molecule has 12 heteroatoms. The summed E-state index contributed by atoms with van der Waals surface area (Å²) in [5, 5.41) is 15.2. The summed E-state index contributed by atoms with van der Waals surface area (Å²) in [4.78, 5) is 24.8. The highest BCUT2D eigenvalue weighted by molar-refractivity contribution is 9.10. The first-order valence-corrected chi connectivity index (χ1v) is 12.3. The molecule has 3 rings (SSSR count). The van der Waals surface area contributed by atoms with Crippen molar-refractivity contribution in [3.63, 3.8) is 0 Å². The van der Waals surface area contributed by atoms with E-state index in [1.807, 2.05) is 20.8 Å². The molecule has 2 aromatic rings. The number of benzene rings is 1. The average Bonchev–Trinajstić information content (AvgIpc) is 3.27. The first-order valence-electron chi connectivity index (χ1n) is 10.3. The maximum absolute atomic E-state index is 15.3. The number of nitriles is 1. The molecule has 0 aliphatic carbocycles. The van der Waals surface area contributed by atoms with Gasteiger partial charge in [-0.05, 0) is 46.0 Å². The fourth-order valence-corrected chi connectivity index (χ4v) is 6.26. The first kappa shape index (κ1) is 27.6. The lowest BCUT2D eigenvalue weighted by Gasteiger charge is -2.36. The van der Waals surface area contributed by atoms with E-state index in [2.05, 4.69) is 32.1 Å². The molecule has 1 aliphatic heterocycles. The molecule has 1 aliphatic rings. The topological polar surface area (TPSA) is 79.2 Å². The Labute approximate surface area is 216 Å². The van der Waals surface area contributed by atoms with E-state index < -0.39 is 52.8 Å². The number of thiophene rings is 1. The van der Waals surface area contributed by atoms with Crippen molar-refractivity contribution in [3.05, 3.63) is 55.4 Å². The fourth-order valence-electron chi connectivity index (χ4n) is 4.44. The second-order valence-electron chi connectivity index (χ2n) is 9.42. The summed E-state index contributed by atoms with van der Waals surface area (Å²) < 4.78 is 58.6. The summed E-state index contributed by atoms with van der Waals surface area (Å²) in [7, 11) is 0. The third-order valence-electron chi connectivity index (χ3n) is 5.71. The third-order valence-corrected chi connectivity index (χ3v) is 7.72. The van der Waals surface area contributed by atoms with E-state index in [-0.39, 0.29) is 17.0 Å². The molecule has 1 N–H and O–H groups in total. The predicted molar refractivity (Wildman–Crippen MR) is 125 cm³/mol. The first-order chi connectivity index (χ1) is 16.1. The summed E-state index contributed by atoms with van der Waals surface area (Å²) in [5.41, 5.74) is -2.26. The van der Waals surface area contributed by atoms with Gasteiger partial charge in [-0.3, -0.25) is 5.32 Å². The van der Waals surface area contributed by atoms with Crippen LogP contribution in [0.15, 0.2) is 34.1 Å². The average molecular weight is 596 g/mol. The Morgan fingerprint density at radius 2 is 1.94 bits per heavy atom. The van der Waals surface area contributed by atoms with Gasteiger partial charge in [0.1, 0.15) is 17.3 Å². The second kappa shape index (κ2) is 9.81. The number of nitrogens with zero attached hydrogens (tertiary/aromatic N) is 1. The zero-order chi connectivity index (χ0) is 26.3. The number of hydrogen-bond donors (Lipinski definition) is 1. The van der Waals surface area contributed by atoms with Crippen molar-refractivity contribution >= 4 is 50.8 Å². The Hall–Kier alpha value is -2.00. The standard InChI is InChI=1S/C23H20BrClF4N2O3S/c1-21(2,3)8-16-22(10-30,13-5-4-12(25)7-14(13)26)17(15-6-11(24)9-35-15)18(31-16)19(32)34-20(33)23(27,28)29/h4-7,9,16-18,31H,8H2,1-3H3/t16-,17-,18+,22-/m0/s1. The van der Waals surface area contributed by atoms with Crippen LogP contribution in [0.25, 0.3) is 0 Å². The molecule has 1 aromatic carbocycles. The van der Waals surface area contributed by atoms with Gasteiger partial charge in [0.15, 0.2) is 0 Å². The van der Waals surface area contributed by atoms with E-state index in [1.54, 1.807) is 11.4 Å². The Kier molecular flexibility index (Phi) is 7.73. The molecule has 188 valence electrons. The number of esters is 2. The van der Waals surface area contributed by atoms with Crippen molar-refractivity contribution in [2.45, 2.75) is 56.8 Å². The summed E-state index contributed by atoms with van der Waals surface area (Å²) in [6.45, 7) is 5.60. The smallest absolute Gasteiger partial charge is 0.385 e. The number of carbonyl (C=O) groups excluding carboxylic acids is 2. The van der Waals surface area contributed by atoms with E-state index in [0.717, 1.165) is 17.4 Å². The summed E-state index contributed by atoms with van der Waals surface area (Å²) in [6.07, 6.45) is -5.15. The van der Waals surface area contributed by atoms with Gasteiger partial charge in [-0.1, -0.05) is 38.4 Å². The molecule has 0 unspecified atom stereocenters. The number of rotatable bonds is 4. The van der Waals surface area contributed by atoms with E-state index in [1.165, 1.54) is 12.1 Å². The van der Waals surface area contributed by atoms with Gasteiger partial charge in [0.2, 0.25) is 0 Å². The van der Waals surface area contributed by atoms with Crippen LogP contribution in [0.5, 0.6) is 0 Å². The maximum Gasteiger partial charge on any atom is 0.491 e. The monoisotopic (exact) mass is 594 g/mol. The summed E-state index contributed by atoms with van der Waals surface area (Å²) >= 11 is 10.4.